The second kappa shape index (κ2) is 4.45. The summed E-state index contributed by atoms with van der Waals surface area (Å²) in [6.07, 6.45) is 8.55. The van der Waals surface area contributed by atoms with Gasteiger partial charge in [0.05, 0.1) is 0 Å². The van der Waals surface area contributed by atoms with Gasteiger partial charge in [-0.25, -0.2) is 0 Å². The van der Waals surface area contributed by atoms with Crippen molar-refractivity contribution in [3.05, 3.63) is 0 Å². The van der Waals surface area contributed by atoms with Gasteiger partial charge in [0.15, 0.2) is 0 Å². The van der Waals surface area contributed by atoms with Crippen LogP contribution in [0.1, 0.15) is 59.3 Å². The lowest BCUT2D eigenvalue weighted by Gasteiger charge is -2.34. The van der Waals surface area contributed by atoms with E-state index < -0.39 is 0 Å². The van der Waals surface area contributed by atoms with Crippen molar-refractivity contribution in [2.45, 2.75) is 65.3 Å². The first-order valence-corrected chi connectivity index (χ1v) is 5.78. The van der Waals surface area contributed by atoms with Crippen molar-refractivity contribution in [1.29, 1.82) is 0 Å². The van der Waals surface area contributed by atoms with Crippen LogP contribution in [0.3, 0.4) is 0 Å². The fourth-order valence-electron chi connectivity index (χ4n) is 2.32. The molecule has 1 heteroatoms. The number of hydrogen-bond donors (Lipinski definition) is 1. The van der Waals surface area contributed by atoms with E-state index in [1.807, 2.05) is 0 Å². The smallest absolute Gasteiger partial charge is 0.00618 e. The first-order chi connectivity index (χ1) is 6.02. The maximum Gasteiger partial charge on any atom is 0.00618 e. The van der Waals surface area contributed by atoms with Crippen LogP contribution >= 0.6 is 0 Å². The monoisotopic (exact) mass is 183 g/mol. The fraction of sp³-hybridized carbons (Fsp3) is 1.00. The molecule has 78 valence electrons. The van der Waals surface area contributed by atoms with Gasteiger partial charge in [0.25, 0.3) is 0 Å². The Morgan fingerprint density at radius 3 is 2.23 bits per heavy atom. The lowest BCUT2D eigenvalue weighted by molar-refractivity contribution is 0.193. The Labute approximate surface area is 83.1 Å². The summed E-state index contributed by atoms with van der Waals surface area (Å²) in [4.78, 5) is 0. The van der Waals surface area contributed by atoms with Gasteiger partial charge in [0.2, 0.25) is 0 Å². The van der Waals surface area contributed by atoms with Crippen LogP contribution in [0.25, 0.3) is 0 Å². The van der Waals surface area contributed by atoms with Crippen molar-refractivity contribution in [2.24, 2.45) is 17.1 Å². The molecule has 0 heterocycles. The Balaban J connectivity index is 2.37. The van der Waals surface area contributed by atoms with Crippen LogP contribution in [0.2, 0.25) is 0 Å². The van der Waals surface area contributed by atoms with E-state index in [1.165, 1.54) is 38.5 Å². The number of hydrogen-bond acceptors (Lipinski definition) is 1. The largest absolute Gasteiger partial charge is 0.327 e. The van der Waals surface area contributed by atoms with Crippen molar-refractivity contribution in [2.75, 3.05) is 0 Å². The predicted molar refractivity (Wildman–Crippen MR) is 58.6 cm³/mol. The zero-order valence-corrected chi connectivity index (χ0v) is 9.47. The van der Waals surface area contributed by atoms with E-state index in [1.54, 1.807) is 0 Å². The molecule has 13 heavy (non-hydrogen) atoms. The van der Waals surface area contributed by atoms with Crippen LogP contribution in [0.5, 0.6) is 0 Å². The normalized spacial score (nSPS) is 23.1. The molecule has 0 bridgehead atoms. The molecule has 0 aromatic rings. The van der Waals surface area contributed by atoms with E-state index in [0.29, 0.717) is 11.5 Å². The first-order valence-electron chi connectivity index (χ1n) is 5.78. The Hall–Kier alpha value is -0.0400. The van der Waals surface area contributed by atoms with Gasteiger partial charge in [-0.05, 0) is 24.7 Å². The van der Waals surface area contributed by atoms with Gasteiger partial charge in [-0.2, -0.15) is 0 Å². The van der Waals surface area contributed by atoms with E-state index >= 15 is 0 Å². The minimum atomic E-state index is 0.328. The highest BCUT2D eigenvalue weighted by molar-refractivity contribution is 4.81. The molecule has 0 aromatic heterocycles. The molecule has 0 aromatic carbocycles. The second-order valence-electron chi connectivity index (χ2n) is 5.49. The summed E-state index contributed by atoms with van der Waals surface area (Å²) in [6, 6.07) is 0.328. The lowest BCUT2D eigenvalue weighted by Crippen LogP contribution is -2.36. The maximum absolute atomic E-state index is 5.99. The molecule has 1 saturated carbocycles. The molecular formula is C12H25N. The Bertz CT molecular complexity index is 143. The van der Waals surface area contributed by atoms with Gasteiger partial charge >= 0.3 is 0 Å². The van der Waals surface area contributed by atoms with E-state index in [2.05, 4.69) is 20.8 Å². The average Bonchev–Trinajstić information content (AvgIpc) is 2.05. The van der Waals surface area contributed by atoms with Gasteiger partial charge in [-0.1, -0.05) is 46.0 Å². The van der Waals surface area contributed by atoms with Crippen molar-refractivity contribution < 1.29 is 0 Å². The zero-order chi connectivity index (χ0) is 9.90. The molecule has 1 aliphatic rings. The Kier molecular flexibility index (Phi) is 3.78. The molecular weight excluding hydrogens is 158 g/mol. The molecule has 0 spiro atoms. The summed E-state index contributed by atoms with van der Waals surface area (Å²) in [7, 11) is 0. The topological polar surface area (TPSA) is 26.0 Å². The summed E-state index contributed by atoms with van der Waals surface area (Å²) < 4.78 is 0. The zero-order valence-electron chi connectivity index (χ0n) is 9.47. The summed E-state index contributed by atoms with van der Waals surface area (Å²) in [5.74, 6) is 0.953. The number of nitrogens with two attached hydrogens (primary N) is 1. The molecule has 0 aliphatic heterocycles. The maximum atomic E-state index is 5.99. The minimum Gasteiger partial charge on any atom is -0.327 e. The van der Waals surface area contributed by atoms with Crippen molar-refractivity contribution in [3.8, 4) is 0 Å². The third kappa shape index (κ3) is 3.30. The molecule has 1 rings (SSSR count). The molecule has 0 amide bonds. The van der Waals surface area contributed by atoms with Crippen LogP contribution in [0, 0.1) is 11.3 Å². The average molecular weight is 183 g/mol. The molecule has 0 saturated heterocycles. The van der Waals surface area contributed by atoms with Crippen LogP contribution < -0.4 is 5.73 Å². The molecule has 1 nitrogen and oxygen atoms in total. The lowest BCUT2D eigenvalue weighted by atomic mass is 9.73. The SMILES string of the molecule is C[C@H](N)C(C)(C)CC1CCCCC1. The van der Waals surface area contributed by atoms with Crippen LogP contribution in [-0.4, -0.2) is 6.04 Å². The van der Waals surface area contributed by atoms with Gasteiger partial charge in [-0.15, -0.1) is 0 Å². The van der Waals surface area contributed by atoms with Gasteiger partial charge < -0.3 is 5.73 Å². The van der Waals surface area contributed by atoms with E-state index in [0.717, 1.165) is 5.92 Å². The summed E-state index contributed by atoms with van der Waals surface area (Å²) >= 11 is 0. The summed E-state index contributed by atoms with van der Waals surface area (Å²) in [5, 5.41) is 0. The summed E-state index contributed by atoms with van der Waals surface area (Å²) in [5.41, 5.74) is 6.32. The van der Waals surface area contributed by atoms with Crippen molar-refractivity contribution in [3.63, 3.8) is 0 Å². The van der Waals surface area contributed by atoms with Crippen LogP contribution in [0.4, 0.5) is 0 Å². The quantitative estimate of drug-likeness (QED) is 0.713. The highest BCUT2D eigenvalue weighted by Crippen LogP contribution is 2.35. The predicted octanol–water partition coefficient (Wildman–Crippen LogP) is 3.33. The second-order valence-corrected chi connectivity index (χ2v) is 5.49. The summed E-state index contributed by atoms with van der Waals surface area (Å²) in [6.45, 7) is 6.77. The van der Waals surface area contributed by atoms with Gasteiger partial charge in [0.1, 0.15) is 0 Å². The van der Waals surface area contributed by atoms with E-state index in [4.69, 9.17) is 5.73 Å². The van der Waals surface area contributed by atoms with E-state index in [-0.39, 0.29) is 0 Å². The Morgan fingerprint density at radius 2 is 1.77 bits per heavy atom. The molecule has 0 unspecified atom stereocenters. The molecule has 0 radical (unpaired) electrons. The fourth-order valence-corrected chi connectivity index (χ4v) is 2.32. The van der Waals surface area contributed by atoms with Gasteiger partial charge in [0, 0.05) is 6.04 Å². The third-order valence-electron chi connectivity index (χ3n) is 3.77. The minimum absolute atomic E-state index is 0.328. The van der Waals surface area contributed by atoms with Crippen LogP contribution in [-0.2, 0) is 0 Å². The Morgan fingerprint density at radius 1 is 1.23 bits per heavy atom. The highest BCUT2D eigenvalue weighted by Gasteiger charge is 2.27. The highest BCUT2D eigenvalue weighted by atomic mass is 14.7. The molecule has 1 fully saturated rings. The van der Waals surface area contributed by atoms with Crippen molar-refractivity contribution >= 4 is 0 Å². The third-order valence-corrected chi connectivity index (χ3v) is 3.77. The molecule has 1 atom stereocenters. The van der Waals surface area contributed by atoms with Crippen molar-refractivity contribution in [1.82, 2.24) is 0 Å². The van der Waals surface area contributed by atoms with Crippen LogP contribution in [0.15, 0.2) is 0 Å². The molecule has 2 N–H and O–H groups in total. The van der Waals surface area contributed by atoms with E-state index in [9.17, 15) is 0 Å². The molecule has 1 aliphatic carbocycles. The van der Waals surface area contributed by atoms with Gasteiger partial charge in [-0.3, -0.25) is 0 Å². The number of rotatable bonds is 3. The standard InChI is InChI=1S/C12H25N/c1-10(13)12(2,3)9-11-7-5-4-6-8-11/h10-11H,4-9,13H2,1-3H3/t10-/m0/s1. The first kappa shape index (κ1) is 11.0.